The van der Waals surface area contributed by atoms with E-state index in [4.69, 9.17) is 4.99 Å². The lowest BCUT2D eigenvalue weighted by molar-refractivity contribution is 0.0963. The number of aliphatic imine (C=N–C) groups is 1. The highest BCUT2D eigenvalue weighted by atomic mass is 127. The average molecular weight is 513 g/mol. The Bertz CT molecular complexity index is 675. The highest BCUT2D eigenvalue weighted by Gasteiger charge is 2.27. The number of benzene rings is 1. The van der Waals surface area contributed by atoms with Gasteiger partial charge in [-0.25, -0.2) is 0 Å². The molecule has 0 radical (unpaired) electrons. The minimum atomic E-state index is -0.0419. The van der Waals surface area contributed by atoms with E-state index in [2.05, 4.69) is 33.4 Å². The summed E-state index contributed by atoms with van der Waals surface area (Å²) in [6.07, 6.45) is 4.82. The summed E-state index contributed by atoms with van der Waals surface area (Å²) in [7, 11) is 1.66. The largest absolute Gasteiger partial charge is 0.357 e. The highest BCUT2D eigenvalue weighted by molar-refractivity contribution is 14.0. The third-order valence-corrected chi connectivity index (χ3v) is 5.71. The summed E-state index contributed by atoms with van der Waals surface area (Å²) in [5.41, 5.74) is 1.86. The fraction of sp³-hybridized carbons (Fsp3) is 0.636. The second-order valence-corrected chi connectivity index (χ2v) is 7.87. The van der Waals surface area contributed by atoms with Gasteiger partial charge in [0.1, 0.15) is 0 Å². The second kappa shape index (κ2) is 12.4. The maximum absolute atomic E-state index is 11.8. The minimum absolute atomic E-state index is 0. The van der Waals surface area contributed by atoms with Gasteiger partial charge in [-0.1, -0.05) is 12.1 Å². The molecule has 2 fully saturated rings. The van der Waals surface area contributed by atoms with Gasteiger partial charge in [-0.05, 0) is 69.3 Å². The Morgan fingerprint density at radius 3 is 2.76 bits per heavy atom. The van der Waals surface area contributed by atoms with Gasteiger partial charge in [-0.2, -0.15) is 0 Å². The molecule has 2 saturated heterocycles. The van der Waals surface area contributed by atoms with Crippen molar-refractivity contribution in [3.8, 4) is 0 Å². The fourth-order valence-corrected chi connectivity index (χ4v) is 4.23. The molecule has 1 aromatic rings. The van der Waals surface area contributed by atoms with Crippen molar-refractivity contribution in [2.45, 2.75) is 32.6 Å². The summed E-state index contributed by atoms with van der Waals surface area (Å²) in [5, 5.41) is 6.14. The highest BCUT2D eigenvalue weighted by Crippen LogP contribution is 2.20. The van der Waals surface area contributed by atoms with Crippen molar-refractivity contribution in [1.29, 1.82) is 0 Å². The minimum Gasteiger partial charge on any atom is -0.357 e. The van der Waals surface area contributed by atoms with Crippen LogP contribution in [0.3, 0.4) is 0 Å². The lowest BCUT2D eigenvalue weighted by atomic mass is 10.1. The first kappa shape index (κ1) is 23.9. The van der Waals surface area contributed by atoms with Gasteiger partial charge in [0.25, 0.3) is 5.91 Å². The third-order valence-electron chi connectivity index (χ3n) is 5.71. The van der Waals surface area contributed by atoms with Gasteiger partial charge >= 0.3 is 0 Å². The number of carbonyl (C=O) groups excluding carboxylic acids is 1. The molecule has 0 aliphatic carbocycles. The third kappa shape index (κ3) is 7.13. The Balaban J connectivity index is 0.00000300. The Morgan fingerprint density at radius 1 is 1.24 bits per heavy atom. The van der Waals surface area contributed by atoms with E-state index in [1.165, 1.54) is 38.9 Å². The first-order valence-electron chi connectivity index (χ1n) is 10.8. The molecule has 0 aromatic heterocycles. The molecule has 2 heterocycles. The standard InChI is InChI=1S/C22H35N5O.HI/c1-3-24-22(27-14-10-19(17-27)16-26-12-4-5-13-26)25-11-9-18-7-6-8-20(15-18)21(28)23-2;/h6-8,15,19H,3-5,9-14,16-17H2,1-2H3,(H,23,28)(H,24,25);1H. The number of likely N-dealkylation sites (tertiary alicyclic amines) is 2. The van der Waals surface area contributed by atoms with E-state index < -0.39 is 0 Å². The second-order valence-electron chi connectivity index (χ2n) is 7.87. The van der Waals surface area contributed by atoms with Gasteiger partial charge in [0.2, 0.25) is 0 Å². The number of halogens is 1. The molecule has 2 N–H and O–H groups in total. The van der Waals surface area contributed by atoms with Crippen molar-refractivity contribution in [1.82, 2.24) is 20.4 Å². The predicted molar refractivity (Wildman–Crippen MR) is 130 cm³/mol. The van der Waals surface area contributed by atoms with Gasteiger partial charge in [-0.3, -0.25) is 9.79 Å². The summed E-state index contributed by atoms with van der Waals surface area (Å²) in [4.78, 5) is 21.7. The first-order chi connectivity index (χ1) is 13.7. The summed E-state index contributed by atoms with van der Waals surface area (Å²) < 4.78 is 0. The molecule has 3 rings (SSSR count). The van der Waals surface area contributed by atoms with Crippen LogP contribution in [-0.2, 0) is 6.42 Å². The molecular formula is C22H36IN5O. The monoisotopic (exact) mass is 513 g/mol. The van der Waals surface area contributed by atoms with Crippen LogP contribution in [0.4, 0.5) is 0 Å². The molecule has 162 valence electrons. The number of carbonyl (C=O) groups is 1. The number of hydrogen-bond donors (Lipinski definition) is 2. The van der Waals surface area contributed by atoms with Crippen molar-refractivity contribution in [3.05, 3.63) is 35.4 Å². The maximum Gasteiger partial charge on any atom is 0.251 e. The summed E-state index contributed by atoms with van der Waals surface area (Å²) in [5.74, 6) is 1.75. The Labute approximate surface area is 192 Å². The van der Waals surface area contributed by atoms with Gasteiger partial charge in [0, 0.05) is 45.3 Å². The van der Waals surface area contributed by atoms with Crippen LogP contribution in [0.5, 0.6) is 0 Å². The van der Waals surface area contributed by atoms with Crippen LogP contribution in [0.15, 0.2) is 29.3 Å². The molecule has 1 atom stereocenters. The number of nitrogens with one attached hydrogen (secondary N) is 2. The zero-order valence-corrected chi connectivity index (χ0v) is 20.2. The van der Waals surface area contributed by atoms with Crippen LogP contribution in [0.1, 0.15) is 42.1 Å². The van der Waals surface area contributed by atoms with Crippen LogP contribution in [0.2, 0.25) is 0 Å². The molecular weight excluding hydrogens is 477 g/mol. The molecule has 0 bridgehead atoms. The van der Waals surface area contributed by atoms with E-state index in [0.29, 0.717) is 5.56 Å². The van der Waals surface area contributed by atoms with Crippen LogP contribution in [0, 0.1) is 5.92 Å². The Hall–Kier alpha value is -1.35. The summed E-state index contributed by atoms with van der Waals surface area (Å²) in [6.45, 7) is 9.73. The predicted octanol–water partition coefficient (Wildman–Crippen LogP) is 2.59. The number of guanidine groups is 1. The smallest absolute Gasteiger partial charge is 0.251 e. The zero-order chi connectivity index (χ0) is 19.8. The van der Waals surface area contributed by atoms with Crippen molar-refractivity contribution in [2.24, 2.45) is 10.9 Å². The molecule has 1 amide bonds. The van der Waals surface area contributed by atoms with Crippen molar-refractivity contribution in [3.63, 3.8) is 0 Å². The quantitative estimate of drug-likeness (QED) is 0.335. The lowest BCUT2D eigenvalue weighted by Crippen LogP contribution is -2.41. The lowest BCUT2D eigenvalue weighted by Gasteiger charge is -2.23. The molecule has 1 unspecified atom stereocenters. The zero-order valence-electron chi connectivity index (χ0n) is 17.8. The van der Waals surface area contributed by atoms with Gasteiger partial charge in [0.05, 0.1) is 0 Å². The molecule has 2 aliphatic heterocycles. The van der Waals surface area contributed by atoms with Crippen LogP contribution in [0.25, 0.3) is 0 Å². The van der Waals surface area contributed by atoms with Crippen LogP contribution >= 0.6 is 24.0 Å². The van der Waals surface area contributed by atoms with E-state index in [1.807, 2.05) is 18.2 Å². The molecule has 1 aromatic carbocycles. The molecule has 6 nitrogen and oxygen atoms in total. The number of nitrogens with zero attached hydrogens (tertiary/aromatic N) is 3. The number of hydrogen-bond acceptors (Lipinski definition) is 3. The van der Waals surface area contributed by atoms with Crippen LogP contribution in [-0.4, -0.2) is 74.5 Å². The van der Waals surface area contributed by atoms with Crippen molar-refractivity contribution < 1.29 is 4.79 Å². The van der Waals surface area contributed by atoms with E-state index in [9.17, 15) is 4.79 Å². The summed E-state index contributed by atoms with van der Waals surface area (Å²) in [6, 6.07) is 7.82. The molecule has 0 saturated carbocycles. The Kier molecular flexibility index (Phi) is 10.2. The van der Waals surface area contributed by atoms with Gasteiger partial charge < -0.3 is 20.4 Å². The van der Waals surface area contributed by atoms with E-state index in [0.717, 1.165) is 50.0 Å². The van der Waals surface area contributed by atoms with E-state index >= 15 is 0 Å². The Morgan fingerprint density at radius 2 is 2.03 bits per heavy atom. The topological polar surface area (TPSA) is 60.0 Å². The first-order valence-corrected chi connectivity index (χ1v) is 10.8. The van der Waals surface area contributed by atoms with Crippen molar-refractivity contribution >= 4 is 35.8 Å². The molecule has 0 spiro atoms. The van der Waals surface area contributed by atoms with Gasteiger partial charge in [-0.15, -0.1) is 24.0 Å². The fourth-order valence-electron chi connectivity index (χ4n) is 4.23. The van der Waals surface area contributed by atoms with Crippen LogP contribution < -0.4 is 10.6 Å². The number of rotatable bonds is 7. The van der Waals surface area contributed by atoms with E-state index in [1.54, 1.807) is 7.05 Å². The van der Waals surface area contributed by atoms with Gasteiger partial charge in [0.15, 0.2) is 5.96 Å². The molecule has 2 aliphatic rings. The summed E-state index contributed by atoms with van der Waals surface area (Å²) >= 11 is 0. The average Bonchev–Trinajstić information content (AvgIpc) is 3.39. The number of amides is 1. The molecule has 7 heteroatoms. The molecule has 29 heavy (non-hydrogen) atoms. The van der Waals surface area contributed by atoms with Crippen molar-refractivity contribution in [2.75, 3.05) is 52.9 Å². The van der Waals surface area contributed by atoms with E-state index in [-0.39, 0.29) is 29.9 Å². The normalized spacial score (nSPS) is 19.9. The maximum atomic E-state index is 11.8. The SMILES string of the molecule is CCNC(=NCCc1cccc(C(=O)NC)c1)N1CCC(CN2CCCC2)C1.I.